The molecule has 0 saturated heterocycles. The second kappa shape index (κ2) is 4.79. The van der Waals surface area contributed by atoms with Gasteiger partial charge in [0.25, 0.3) is 0 Å². The minimum Gasteiger partial charge on any atom is -0.366 e. The molecule has 1 amide bonds. The molecule has 0 heterocycles. The Hall–Kier alpha value is -2.49. The smallest absolute Gasteiger partial charge is 0.248 e. The molecule has 0 aromatic heterocycles. The molecule has 0 aliphatic heterocycles. The molecule has 18 heavy (non-hydrogen) atoms. The van der Waals surface area contributed by atoms with Crippen LogP contribution in [0, 0.1) is 5.82 Å². The maximum absolute atomic E-state index is 13.6. The van der Waals surface area contributed by atoms with Crippen molar-refractivity contribution in [2.24, 2.45) is 5.73 Å². The summed E-state index contributed by atoms with van der Waals surface area (Å²) in [4.78, 5) is 21.6. The Morgan fingerprint density at radius 3 is 2.33 bits per heavy atom. The van der Waals surface area contributed by atoms with Gasteiger partial charge in [0.2, 0.25) is 5.91 Å². The van der Waals surface area contributed by atoms with Crippen molar-refractivity contribution in [2.45, 2.75) is 0 Å². The lowest BCUT2D eigenvalue weighted by Crippen LogP contribution is -2.10. The molecule has 0 bridgehead atoms. The molecule has 4 heteroatoms. The average molecular weight is 243 g/mol. The van der Waals surface area contributed by atoms with Crippen molar-refractivity contribution in [3.05, 3.63) is 59.4 Å². The number of benzene rings is 2. The molecule has 0 unspecified atom stereocenters. The van der Waals surface area contributed by atoms with E-state index in [-0.39, 0.29) is 0 Å². The van der Waals surface area contributed by atoms with E-state index in [0.29, 0.717) is 28.5 Å². The first-order valence-corrected chi connectivity index (χ1v) is 5.27. The third kappa shape index (κ3) is 2.27. The quantitative estimate of drug-likeness (QED) is 0.841. The van der Waals surface area contributed by atoms with Crippen molar-refractivity contribution in [2.75, 3.05) is 0 Å². The third-order valence-electron chi connectivity index (χ3n) is 2.61. The van der Waals surface area contributed by atoms with Crippen molar-refractivity contribution >= 4 is 12.2 Å². The van der Waals surface area contributed by atoms with E-state index in [2.05, 4.69) is 0 Å². The van der Waals surface area contributed by atoms with Crippen LogP contribution in [-0.2, 0) is 0 Å². The van der Waals surface area contributed by atoms with E-state index >= 15 is 0 Å². The van der Waals surface area contributed by atoms with Crippen LogP contribution in [0.25, 0.3) is 11.1 Å². The predicted molar refractivity (Wildman–Crippen MR) is 65.7 cm³/mol. The molecular formula is C14H10FNO2. The summed E-state index contributed by atoms with van der Waals surface area (Å²) in [7, 11) is 0. The Kier molecular flexibility index (Phi) is 3.19. The van der Waals surface area contributed by atoms with Gasteiger partial charge in [0.1, 0.15) is 12.1 Å². The fourth-order valence-electron chi connectivity index (χ4n) is 1.65. The van der Waals surface area contributed by atoms with Crippen LogP contribution in [0.5, 0.6) is 0 Å². The van der Waals surface area contributed by atoms with Crippen molar-refractivity contribution in [3.63, 3.8) is 0 Å². The lowest BCUT2D eigenvalue weighted by atomic mass is 10.0. The predicted octanol–water partition coefficient (Wildman–Crippen LogP) is 2.40. The van der Waals surface area contributed by atoms with Crippen molar-refractivity contribution in [1.82, 2.24) is 0 Å². The summed E-state index contributed by atoms with van der Waals surface area (Å²) in [6.07, 6.45) is 0.653. The molecule has 2 rings (SSSR count). The van der Waals surface area contributed by atoms with Gasteiger partial charge in [-0.3, -0.25) is 9.59 Å². The molecule has 0 aliphatic rings. The molecule has 2 aromatic carbocycles. The van der Waals surface area contributed by atoms with Gasteiger partial charge in [-0.2, -0.15) is 0 Å². The number of nitrogens with two attached hydrogens (primary N) is 1. The van der Waals surface area contributed by atoms with Gasteiger partial charge in [-0.1, -0.05) is 12.1 Å². The summed E-state index contributed by atoms with van der Waals surface area (Å²) in [5.41, 5.74) is 6.76. The highest BCUT2D eigenvalue weighted by Gasteiger charge is 2.07. The molecule has 0 spiro atoms. The van der Waals surface area contributed by atoms with Gasteiger partial charge in [-0.15, -0.1) is 0 Å². The molecule has 2 aromatic rings. The van der Waals surface area contributed by atoms with Crippen LogP contribution in [0.15, 0.2) is 42.5 Å². The number of hydrogen-bond donors (Lipinski definition) is 1. The SMILES string of the molecule is NC(=O)c1ccc(-c2cc(C=O)ccc2F)cc1. The highest BCUT2D eigenvalue weighted by Crippen LogP contribution is 2.24. The minimum atomic E-state index is -0.538. The van der Waals surface area contributed by atoms with Gasteiger partial charge < -0.3 is 5.73 Å². The standard InChI is InChI=1S/C14H10FNO2/c15-13-6-1-9(8-17)7-12(13)10-2-4-11(5-3-10)14(16)18/h1-8H,(H2,16,18). The Labute approximate surface area is 103 Å². The van der Waals surface area contributed by atoms with E-state index in [1.165, 1.54) is 30.3 Å². The van der Waals surface area contributed by atoms with Gasteiger partial charge >= 0.3 is 0 Å². The molecular weight excluding hydrogens is 233 g/mol. The van der Waals surface area contributed by atoms with E-state index in [0.717, 1.165) is 0 Å². The van der Waals surface area contributed by atoms with Crippen LogP contribution in [0.4, 0.5) is 4.39 Å². The first-order chi connectivity index (χ1) is 8.61. The van der Waals surface area contributed by atoms with E-state index in [9.17, 15) is 14.0 Å². The topological polar surface area (TPSA) is 60.2 Å². The number of amides is 1. The zero-order valence-corrected chi connectivity index (χ0v) is 9.39. The van der Waals surface area contributed by atoms with Gasteiger partial charge in [0.15, 0.2) is 0 Å². The van der Waals surface area contributed by atoms with E-state index in [1.807, 2.05) is 0 Å². The highest BCUT2D eigenvalue weighted by molar-refractivity contribution is 5.93. The lowest BCUT2D eigenvalue weighted by molar-refractivity contribution is 0.1000. The Morgan fingerprint density at radius 2 is 1.78 bits per heavy atom. The molecule has 3 nitrogen and oxygen atoms in total. The first kappa shape index (κ1) is 12.0. The molecule has 0 atom stereocenters. The molecule has 0 aliphatic carbocycles. The lowest BCUT2D eigenvalue weighted by Gasteiger charge is -2.05. The van der Waals surface area contributed by atoms with Crippen LogP contribution in [0.3, 0.4) is 0 Å². The maximum Gasteiger partial charge on any atom is 0.248 e. The number of rotatable bonds is 3. The Balaban J connectivity index is 2.48. The van der Waals surface area contributed by atoms with E-state index in [1.54, 1.807) is 12.1 Å². The first-order valence-electron chi connectivity index (χ1n) is 5.27. The number of hydrogen-bond acceptors (Lipinski definition) is 2. The van der Waals surface area contributed by atoms with Crippen LogP contribution in [0.2, 0.25) is 0 Å². The normalized spacial score (nSPS) is 10.1. The third-order valence-corrected chi connectivity index (χ3v) is 2.61. The molecule has 0 radical (unpaired) electrons. The molecule has 2 N–H and O–H groups in total. The van der Waals surface area contributed by atoms with Gasteiger partial charge in [0.05, 0.1) is 0 Å². The number of halogens is 1. The van der Waals surface area contributed by atoms with E-state index < -0.39 is 11.7 Å². The summed E-state index contributed by atoms with van der Waals surface area (Å²) < 4.78 is 13.6. The number of primary amides is 1. The van der Waals surface area contributed by atoms with Crippen molar-refractivity contribution < 1.29 is 14.0 Å². The van der Waals surface area contributed by atoms with Crippen molar-refractivity contribution in [1.29, 1.82) is 0 Å². The van der Waals surface area contributed by atoms with Crippen LogP contribution >= 0.6 is 0 Å². The van der Waals surface area contributed by atoms with Gasteiger partial charge in [-0.25, -0.2) is 4.39 Å². The average Bonchev–Trinajstić information content (AvgIpc) is 2.39. The summed E-state index contributed by atoms with van der Waals surface area (Å²) in [6, 6.07) is 10.3. The zero-order valence-electron chi connectivity index (χ0n) is 9.39. The Morgan fingerprint density at radius 1 is 1.11 bits per heavy atom. The Bertz CT molecular complexity index is 606. The molecule has 90 valence electrons. The van der Waals surface area contributed by atoms with Gasteiger partial charge in [-0.05, 0) is 35.9 Å². The monoisotopic (exact) mass is 243 g/mol. The molecule has 0 saturated carbocycles. The summed E-state index contributed by atoms with van der Waals surface area (Å²) in [6.45, 7) is 0. The summed E-state index contributed by atoms with van der Waals surface area (Å²) >= 11 is 0. The number of aldehydes is 1. The van der Waals surface area contributed by atoms with E-state index in [4.69, 9.17) is 5.73 Å². The summed E-state index contributed by atoms with van der Waals surface area (Å²) in [5, 5.41) is 0. The second-order valence-corrected chi connectivity index (χ2v) is 3.80. The molecule has 0 fully saturated rings. The second-order valence-electron chi connectivity index (χ2n) is 3.80. The van der Waals surface area contributed by atoms with Crippen LogP contribution in [0.1, 0.15) is 20.7 Å². The van der Waals surface area contributed by atoms with Gasteiger partial charge in [0, 0.05) is 16.7 Å². The number of carbonyl (C=O) groups is 2. The highest BCUT2D eigenvalue weighted by atomic mass is 19.1. The van der Waals surface area contributed by atoms with Crippen molar-refractivity contribution in [3.8, 4) is 11.1 Å². The maximum atomic E-state index is 13.6. The number of carbonyl (C=O) groups excluding carboxylic acids is 2. The fraction of sp³-hybridized carbons (Fsp3) is 0. The zero-order chi connectivity index (χ0) is 13.1. The summed E-state index contributed by atoms with van der Waals surface area (Å²) in [5.74, 6) is -0.962. The van der Waals surface area contributed by atoms with Crippen LogP contribution in [-0.4, -0.2) is 12.2 Å². The fourth-order valence-corrected chi connectivity index (χ4v) is 1.65. The van der Waals surface area contributed by atoms with Crippen LogP contribution < -0.4 is 5.73 Å². The largest absolute Gasteiger partial charge is 0.366 e. The minimum absolute atomic E-state index is 0.315.